The molecule has 2 atom stereocenters. The number of carbonyl (C=O) groups excluding carboxylic acids is 1. The molecule has 5 N–H and O–H groups in total. The van der Waals surface area contributed by atoms with E-state index >= 15 is 0 Å². The smallest absolute Gasteiger partial charge is 0.341 e. The van der Waals surface area contributed by atoms with Crippen molar-refractivity contribution in [2.24, 2.45) is 5.73 Å². The van der Waals surface area contributed by atoms with E-state index in [-0.39, 0.29) is 0 Å². The predicted molar refractivity (Wildman–Crippen MR) is 67.8 cm³/mol. The lowest BCUT2D eigenvalue weighted by atomic mass is 10.1. The lowest BCUT2D eigenvalue weighted by Crippen LogP contribution is -2.45. The summed E-state index contributed by atoms with van der Waals surface area (Å²) in [6, 6.07) is 8.35. The van der Waals surface area contributed by atoms with E-state index in [0.717, 1.165) is 5.56 Å². The van der Waals surface area contributed by atoms with Crippen LogP contribution < -0.4 is 11.1 Å². The van der Waals surface area contributed by atoms with Crippen LogP contribution in [0.25, 0.3) is 0 Å². The second kappa shape index (κ2) is 6.11. The van der Waals surface area contributed by atoms with Crippen LogP contribution in [0.1, 0.15) is 12.5 Å². The molecule has 1 rings (SSSR count). The minimum absolute atomic E-state index is 0.320. The third-order valence-corrected chi connectivity index (χ3v) is 3.63. The van der Waals surface area contributed by atoms with Gasteiger partial charge in [0.25, 0.3) is 0 Å². The number of rotatable bonds is 5. The second-order valence-corrected chi connectivity index (χ2v) is 6.02. The Morgan fingerprint density at radius 1 is 1.39 bits per heavy atom. The van der Waals surface area contributed by atoms with Gasteiger partial charge in [0, 0.05) is 0 Å². The van der Waals surface area contributed by atoms with Crippen LogP contribution >= 0.6 is 7.60 Å². The molecule has 0 fully saturated rings. The normalized spacial score (nSPS) is 14.9. The highest BCUT2D eigenvalue weighted by Crippen LogP contribution is 2.39. The molecule has 1 aromatic carbocycles. The summed E-state index contributed by atoms with van der Waals surface area (Å²) in [5.74, 6) is -1.80. The van der Waals surface area contributed by atoms with Gasteiger partial charge in [0.05, 0.1) is 6.04 Å². The maximum absolute atomic E-state index is 11.6. The first-order valence-corrected chi connectivity index (χ1v) is 7.14. The molecule has 0 spiro atoms. The molecule has 6 nitrogen and oxygen atoms in total. The van der Waals surface area contributed by atoms with Gasteiger partial charge in [0.1, 0.15) is 5.78 Å². The number of hydrogen-bond donors (Lipinski definition) is 4. The van der Waals surface area contributed by atoms with Gasteiger partial charge in [-0.3, -0.25) is 9.36 Å². The van der Waals surface area contributed by atoms with Crippen LogP contribution in [0.15, 0.2) is 30.3 Å². The van der Waals surface area contributed by atoms with Crippen LogP contribution in [0.2, 0.25) is 0 Å². The average molecular weight is 272 g/mol. The molecule has 0 aliphatic heterocycles. The van der Waals surface area contributed by atoms with E-state index in [4.69, 9.17) is 15.5 Å². The second-order valence-electron chi connectivity index (χ2n) is 4.07. The Morgan fingerprint density at radius 3 is 2.44 bits per heavy atom. The summed E-state index contributed by atoms with van der Waals surface area (Å²) in [6.07, 6.45) is 0.320. The van der Waals surface area contributed by atoms with E-state index in [9.17, 15) is 9.36 Å². The highest BCUT2D eigenvalue weighted by molar-refractivity contribution is 7.52. The molecule has 100 valence electrons. The molecule has 18 heavy (non-hydrogen) atoms. The number of benzene rings is 1. The van der Waals surface area contributed by atoms with Crippen LogP contribution in [-0.2, 0) is 15.8 Å². The summed E-state index contributed by atoms with van der Waals surface area (Å²) in [5, 5.41) is 2.21. The minimum Gasteiger partial charge on any atom is -0.341 e. The predicted octanol–water partition coefficient (Wildman–Crippen LogP) is 0.196. The Labute approximate surface area is 105 Å². The molecule has 0 aliphatic carbocycles. The molecule has 0 unspecified atom stereocenters. The molecule has 7 heteroatoms. The monoisotopic (exact) mass is 272 g/mol. The molecule has 1 amide bonds. The first kappa shape index (κ1) is 14.9. The Bertz CT molecular complexity index is 446. The maximum atomic E-state index is 11.6. The van der Waals surface area contributed by atoms with E-state index in [1.54, 1.807) is 0 Å². The van der Waals surface area contributed by atoms with Gasteiger partial charge in [-0.1, -0.05) is 30.3 Å². The molecule has 0 bridgehead atoms. The summed E-state index contributed by atoms with van der Waals surface area (Å²) < 4.78 is 10.9. The first-order valence-electron chi connectivity index (χ1n) is 5.46. The topological polar surface area (TPSA) is 113 Å². The summed E-state index contributed by atoms with van der Waals surface area (Å²) in [6.45, 7) is 1.24. The lowest BCUT2D eigenvalue weighted by molar-refractivity contribution is -0.122. The summed E-state index contributed by atoms with van der Waals surface area (Å²) in [4.78, 5) is 29.3. The molecular weight excluding hydrogens is 255 g/mol. The quantitative estimate of drug-likeness (QED) is 0.572. The molecule has 0 saturated carbocycles. The third kappa shape index (κ3) is 4.58. The van der Waals surface area contributed by atoms with Crippen molar-refractivity contribution in [1.82, 2.24) is 5.32 Å². The van der Waals surface area contributed by atoms with Crippen molar-refractivity contribution < 1.29 is 19.1 Å². The zero-order valence-electron chi connectivity index (χ0n) is 9.98. The van der Waals surface area contributed by atoms with Gasteiger partial charge in [0.15, 0.2) is 0 Å². The molecule has 0 saturated heterocycles. The van der Waals surface area contributed by atoms with Gasteiger partial charge in [-0.25, -0.2) is 0 Å². The fourth-order valence-corrected chi connectivity index (χ4v) is 1.65. The summed E-state index contributed by atoms with van der Waals surface area (Å²) >= 11 is 0. The largest absolute Gasteiger partial charge is 0.347 e. The van der Waals surface area contributed by atoms with Crippen molar-refractivity contribution in [3.63, 3.8) is 0 Å². The van der Waals surface area contributed by atoms with E-state index in [2.05, 4.69) is 5.32 Å². The summed E-state index contributed by atoms with van der Waals surface area (Å²) in [7, 11) is -4.32. The minimum atomic E-state index is -4.32. The van der Waals surface area contributed by atoms with Crippen molar-refractivity contribution in [3.05, 3.63) is 35.9 Å². The number of nitrogens with one attached hydrogen (secondary N) is 1. The van der Waals surface area contributed by atoms with Gasteiger partial charge >= 0.3 is 7.60 Å². The number of amides is 1. The fourth-order valence-electron chi connectivity index (χ4n) is 1.36. The maximum Gasteiger partial charge on any atom is 0.347 e. The number of nitrogens with two attached hydrogens (primary N) is 1. The Hall–Kier alpha value is -1.20. The Balaban J connectivity index is 2.55. The van der Waals surface area contributed by atoms with Crippen molar-refractivity contribution in [1.29, 1.82) is 0 Å². The molecule has 1 aromatic rings. The first-order chi connectivity index (χ1) is 8.30. The zero-order chi connectivity index (χ0) is 13.8. The van der Waals surface area contributed by atoms with Gasteiger partial charge in [-0.05, 0) is 18.9 Å². The van der Waals surface area contributed by atoms with Crippen LogP contribution in [0.5, 0.6) is 0 Å². The zero-order valence-corrected chi connectivity index (χ0v) is 10.9. The van der Waals surface area contributed by atoms with E-state index in [0.29, 0.717) is 6.42 Å². The van der Waals surface area contributed by atoms with Crippen LogP contribution in [0.4, 0.5) is 0 Å². The highest BCUT2D eigenvalue weighted by atomic mass is 31.2. The summed E-state index contributed by atoms with van der Waals surface area (Å²) in [5.41, 5.74) is 6.57. The van der Waals surface area contributed by atoms with E-state index in [1.165, 1.54) is 6.92 Å². The van der Waals surface area contributed by atoms with E-state index < -0.39 is 25.3 Å². The molecule has 0 heterocycles. The van der Waals surface area contributed by atoms with Gasteiger partial charge in [-0.15, -0.1) is 0 Å². The Morgan fingerprint density at radius 2 is 1.94 bits per heavy atom. The SMILES string of the molecule is C[C@@H](NC(=O)[C@@H](N)Cc1ccccc1)P(=O)(O)O. The van der Waals surface area contributed by atoms with Crippen LogP contribution in [-0.4, -0.2) is 27.5 Å². The lowest BCUT2D eigenvalue weighted by Gasteiger charge is -2.18. The van der Waals surface area contributed by atoms with Crippen LogP contribution in [0.3, 0.4) is 0 Å². The van der Waals surface area contributed by atoms with Gasteiger partial charge in [0.2, 0.25) is 5.91 Å². The molecule has 0 aliphatic rings. The Kier molecular flexibility index (Phi) is 5.04. The van der Waals surface area contributed by atoms with E-state index in [1.807, 2.05) is 30.3 Å². The van der Waals surface area contributed by atoms with Crippen LogP contribution in [0, 0.1) is 0 Å². The standard InChI is InChI=1S/C11H17N2O4P/c1-8(18(15,16)17)13-11(14)10(12)7-9-5-3-2-4-6-9/h2-6,8,10H,7,12H2,1H3,(H,13,14)(H2,15,16,17)/t8-,10-/m0/s1. The fraction of sp³-hybridized carbons (Fsp3) is 0.364. The van der Waals surface area contributed by atoms with Crippen molar-refractivity contribution in [3.8, 4) is 0 Å². The van der Waals surface area contributed by atoms with Gasteiger partial charge < -0.3 is 20.8 Å². The van der Waals surface area contributed by atoms with Crippen molar-refractivity contribution in [2.45, 2.75) is 25.2 Å². The number of hydrogen-bond acceptors (Lipinski definition) is 3. The van der Waals surface area contributed by atoms with Crippen molar-refractivity contribution >= 4 is 13.5 Å². The molecular formula is C11H17N2O4P. The van der Waals surface area contributed by atoms with Crippen molar-refractivity contribution in [2.75, 3.05) is 0 Å². The molecule has 0 aromatic heterocycles. The number of carbonyl (C=O) groups is 1. The highest BCUT2D eigenvalue weighted by Gasteiger charge is 2.27. The molecule has 0 radical (unpaired) electrons. The average Bonchev–Trinajstić information content (AvgIpc) is 2.28. The van der Waals surface area contributed by atoms with Gasteiger partial charge in [-0.2, -0.15) is 0 Å². The third-order valence-electron chi connectivity index (χ3n) is 2.49.